The largest absolute Gasteiger partial charge is 0.476 e. The molecule has 0 unspecified atom stereocenters. The van der Waals surface area contributed by atoms with Gasteiger partial charge in [0.2, 0.25) is 0 Å². The molecule has 0 bridgehead atoms. The Morgan fingerprint density at radius 1 is 1.24 bits per heavy atom. The van der Waals surface area contributed by atoms with E-state index in [1.54, 1.807) is 43.6 Å². The summed E-state index contributed by atoms with van der Waals surface area (Å²) in [5.41, 5.74) is 10.1. The number of hydrogen-bond donors (Lipinski definition) is 3. The Morgan fingerprint density at radius 2 is 2.03 bits per heavy atom. The van der Waals surface area contributed by atoms with Gasteiger partial charge in [-0.2, -0.15) is 0 Å². The van der Waals surface area contributed by atoms with Gasteiger partial charge in [0, 0.05) is 47.9 Å². The van der Waals surface area contributed by atoms with Gasteiger partial charge in [-0.05, 0) is 55.8 Å². The fraction of sp³-hybridized carbons (Fsp3) is 0.154. The number of carboxylic acids is 1. The first kappa shape index (κ1) is 22.7. The van der Waals surface area contributed by atoms with Gasteiger partial charge in [0.15, 0.2) is 11.1 Å². The number of aliphatic imine (C=N–C) groups is 1. The number of benzene rings is 2. The van der Waals surface area contributed by atoms with Crippen LogP contribution in [0.15, 0.2) is 68.9 Å². The molecule has 172 valence electrons. The van der Waals surface area contributed by atoms with Crippen molar-refractivity contribution in [3.05, 3.63) is 87.3 Å². The zero-order valence-electron chi connectivity index (χ0n) is 19.0. The van der Waals surface area contributed by atoms with E-state index in [9.17, 15) is 14.7 Å². The highest BCUT2D eigenvalue weighted by Crippen LogP contribution is 2.31. The van der Waals surface area contributed by atoms with Crippen LogP contribution in [0.5, 0.6) is 0 Å². The predicted molar refractivity (Wildman–Crippen MR) is 134 cm³/mol. The summed E-state index contributed by atoms with van der Waals surface area (Å²) >= 11 is 0. The summed E-state index contributed by atoms with van der Waals surface area (Å²) < 4.78 is 6.27. The van der Waals surface area contributed by atoms with Crippen molar-refractivity contribution in [1.82, 2.24) is 4.98 Å². The minimum Gasteiger partial charge on any atom is -0.476 e. The highest BCUT2D eigenvalue weighted by molar-refractivity contribution is 5.92. The molecule has 0 spiro atoms. The number of nitrogens with two attached hydrogens (primary N) is 1. The molecule has 0 aliphatic heterocycles. The number of carbonyl (C=O) groups is 1. The smallest absolute Gasteiger partial charge is 0.356 e. The Morgan fingerprint density at radius 3 is 2.76 bits per heavy atom. The summed E-state index contributed by atoms with van der Waals surface area (Å²) in [4.78, 5) is 32.6. The molecule has 0 aliphatic rings. The third kappa shape index (κ3) is 4.38. The highest BCUT2D eigenvalue weighted by atomic mass is 16.4. The molecule has 2 aromatic carbocycles. The first-order chi connectivity index (χ1) is 16.3. The molecule has 0 saturated heterocycles. The van der Waals surface area contributed by atoms with Crippen LogP contribution in [-0.2, 0) is 0 Å². The summed E-state index contributed by atoms with van der Waals surface area (Å²) in [5, 5.41) is 13.1. The van der Waals surface area contributed by atoms with Crippen LogP contribution in [-0.4, -0.2) is 29.3 Å². The molecule has 4 N–H and O–H groups in total. The van der Waals surface area contributed by atoms with Crippen molar-refractivity contribution < 1.29 is 14.3 Å². The van der Waals surface area contributed by atoms with Crippen molar-refractivity contribution in [2.45, 2.75) is 19.9 Å². The van der Waals surface area contributed by atoms with Crippen LogP contribution < -0.4 is 16.5 Å². The molecule has 34 heavy (non-hydrogen) atoms. The number of nitrogens with one attached hydrogen (secondary N) is 1. The molecule has 4 aromatic rings. The number of nitrogen functional groups attached to an aromatic ring is 1. The third-order valence-corrected chi connectivity index (χ3v) is 5.49. The molecule has 0 amide bonds. The second-order valence-corrected chi connectivity index (χ2v) is 8.01. The molecule has 1 atom stereocenters. The number of carboxylic acid groups (broad SMARTS) is 1. The number of aromatic carboxylic acids is 1. The number of hydrogen-bond acceptors (Lipinski definition) is 7. The SMILES string of the molecule is CN=Cc1cc(-c2cc(=O)c3cc(C)cc([C@@H](C)Nc4cccnc4C(=O)O)c3o2)ccc1N. The molecular weight excluding hydrogens is 432 g/mol. The summed E-state index contributed by atoms with van der Waals surface area (Å²) in [6, 6.07) is 13.4. The Bertz CT molecular complexity index is 1490. The Kier molecular flexibility index (Phi) is 6.14. The van der Waals surface area contributed by atoms with Crippen LogP contribution in [0, 0.1) is 6.92 Å². The normalized spacial score (nSPS) is 12.2. The van der Waals surface area contributed by atoms with Crippen molar-refractivity contribution in [2.24, 2.45) is 4.99 Å². The van der Waals surface area contributed by atoms with E-state index in [4.69, 9.17) is 10.2 Å². The molecular formula is C26H24N4O4. The summed E-state index contributed by atoms with van der Waals surface area (Å²) in [5.74, 6) is -0.735. The molecule has 8 nitrogen and oxygen atoms in total. The molecule has 4 rings (SSSR count). The Hall–Kier alpha value is -4.46. The van der Waals surface area contributed by atoms with Crippen molar-refractivity contribution in [1.29, 1.82) is 0 Å². The van der Waals surface area contributed by atoms with E-state index in [0.717, 1.165) is 16.7 Å². The standard InChI is InChI=1S/C26H24N4O4/c1-14-9-18(15(2)30-21-5-4-8-29-24(21)26(32)33)25-19(10-14)22(31)12-23(34-25)16-6-7-20(27)17(11-16)13-28-3/h4-13,15,30H,27H2,1-3H3,(H,32,33)/t15-/m1/s1. The van der Waals surface area contributed by atoms with Crippen LogP contribution in [0.1, 0.15) is 40.1 Å². The molecule has 0 radical (unpaired) electrons. The van der Waals surface area contributed by atoms with Gasteiger partial charge < -0.3 is 20.6 Å². The number of fused-ring (bicyclic) bond motifs is 1. The minimum atomic E-state index is -1.13. The van der Waals surface area contributed by atoms with E-state index in [1.165, 1.54) is 12.3 Å². The molecule has 0 fully saturated rings. The summed E-state index contributed by atoms with van der Waals surface area (Å²) in [7, 11) is 1.66. The van der Waals surface area contributed by atoms with Crippen LogP contribution in [0.25, 0.3) is 22.3 Å². The zero-order valence-corrected chi connectivity index (χ0v) is 19.0. The van der Waals surface area contributed by atoms with Gasteiger partial charge in [-0.3, -0.25) is 9.79 Å². The van der Waals surface area contributed by atoms with Gasteiger partial charge in [-0.1, -0.05) is 6.07 Å². The van der Waals surface area contributed by atoms with E-state index < -0.39 is 5.97 Å². The van der Waals surface area contributed by atoms with Crippen LogP contribution in [0.2, 0.25) is 0 Å². The Labute approximate surface area is 195 Å². The minimum absolute atomic E-state index is 0.0829. The lowest BCUT2D eigenvalue weighted by Gasteiger charge is -2.19. The number of rotatable bonds is 6. The van der Waals surface area contributed by atoms with Crippen molar-refractivity contribution in [3.8, 4) is 11.3 Å². The number of pyridine rings is 1. The maximum atomic E-state index is 13.1. The molecule has 2 heterocycles. The molecule has 0 saturated carbocycles. The molecule has 8 heteroatoms. The quantitative estimate of drug-likeness (QED) is 0.284. The predicted octanol–water partition coefficient (Wildman–Crippen LogP) is 4.67. The maximum Gasteiger partial charge on any atom is 0.356 e. The lowest BCUT2D eigenvalue weighted by molar-refractivity contribution is 0.0691. The second kappa shape index (κ2) is 9.19. The zero-order chi connectivity index (χ0) is 24.4. The molecule has 0 aliphatic carbocycles. The summed E-state index contributed by atoms with van der Waals surface area (Å²) in [6.07, 6.45) is 3.07. The van der Waals surface area contributed by atoms with E-state index in [2.05, 4.69) is 15.3 Å². The maximum absolute atomic E-state index is 13.1. The van der Waals surface area contributed by atoms with Gasteiger partial charge in [-0.25, -0.2) is 9.78 Å². The van der Waals surface area contributed by atoms with E-state index in [1.807, 2.05) is 26.0 Å². The lowest BCUT2D eigenvalue weighted by Crippen LogP contribution is -2.13. The molecule has 2 aromatic heterocycles. The monoisotopic (exact) mass is 456 g/mol. The number of aryl methyl sites for hydroxylation is 1. The van der Waals surface area contributed by atoms with Gasteiger partial charge in [0.05, 0.1) is 17.1 Å². The van der Waals surface area contributed by atoms with E-state index in [0.29, 0.717) is 33.7 Å². The number of anilines is 2. The number of nitrogens with zero attached hydrogens (tertiary/aromatic N) is 2. The second-order valence-electron chi connectivity index (χ2n) is 8.01. The van der Waals surface area contributed by atoms with Crippen LogP contribution >= 0.6 is 0 Å². The average molecular weight is 457 g/mol. The third-order valence-electron chi connectivity index (χ3n) is 5.49. The first-order valence-electron chi connectivity index (χ1n) is 10.6. The average Bonchev–Trinajstić information content (AvgIpc) is 2.80. The van der Waals surface area contributed by atoms with Crippen LogP contribution in [0.4, 0.5) is 11.4 Å². The highest BCUT2D eigenvalue weighted by Gasteiger charge is 2.19. The summed E-state index contributed by atoms with van der Waals surface area (Å²) in [6.45, 7) is 3.77. The Balaban J connectivity index is 1.85. The van der Waals surface area contributed by atoms with Crippen molar-refractivity contribution in [3.63, 3.8) is 0 Å². The van der Waals surface area contributed by atoms with Crippen LogP contribution in [0.3, 0.4) is 0 Å². The van der Waals surface area contributed by atoms with E-state index >= 15 is 0 Å². The van der Waals surface area contributed by atoms with Gasteiger partial charge in [0.1, 0.15) is 11.3 Å². The fourth-order valence-corrected chi connectivity index (χ4v) is 3.88. The van der Waals surface area contributed by atoms with Crippen molar-refractivity contribution in [2.75, 3.05) is 18.1 Å². The van der Waals surface area contributed by atoms with Gasteiger partial charge in [-0.15, -0.1) is 0 Å². The number of aromatic nitrogens is 1. The lowest BCUT2D eigenvalue weighted by atomic mass is 10.00. The fourth-order valence-electron chi connectivity index (χ4n) is 3.88. The van der Waals surface area contributed by atoms with Crippen molar-refractivity contribution >= 4 is 34.5 Å². The first-order valence-corrected chi connectivity index (χ1v) is 10.6. The van der Waals surface area contributed by atoms with Gasteiger partial charge >= 0.3 is 5.97 Å². The van der Waals surface area contributed by atoms with E-state index in [-0.39, 0.29) is 17.2 Å². The topological polar surface area (TPSA) is 131 Å². The van der Waals surface area contributed by atoms with Gasteiger partial charge in [0.25, 0.3) is 0 Å².